The fourth-order valence-corrected chi connectivity index (χ4v) is 3.58. The molecule has 3 rings (SSSR count). The number of para-hydroxylation sites is 1. The number of carbonyl (C=O) groups is 1. The van der Waals surface area contributed by atoms with Crippen molar-refractivity contribution in [1.29, 1.82) is 0 Å². The largest absolute Gasteiger partial charge is 0.453 e. The maximum absolute atomic E-state index is 12.7. The Hall–Kier alpha value is -1.57. The van der Waals surface area contributed by atoms with Gasteiger partial charge in [-0.2, -0.15) is 0 Å². The summed E-state index contributed by atoms with van der Waals surface area (Å²) in [6, 6.07) is 7.96. The van der Waals surface area contributed by atoms with E-state index in [0.717, 1.165) is 41.2 Å². The zero-order chi connectivity index (χ0) is 15.0. The summed E-state index contributed by atoms with van der Waals surface area (Å²) in [4.78, 5) is 12.7. The van der Waals surface area contributed by atoms with Crippen LogP contribution >= 0.6 is 0 Å². The van der Waals surface area contributed by atoms with E-state index in [1.54, 1.807) is 0 Å². The van der Waals surface area contributed by atoms with Crippen molar-refractivity contribution < 1.29 is 9.21 Å². The van der Waals surface area contributed by atoms with Gasteiger partial charge >= 0.3 is 0 Å². The summed E-state index contributed by atoms with van der Waals surface area (Å²) < 4.78 is 5.84. The molecule has 0 spiro atoms. The molecule has 0 amide bonds. The second-order valence-electron chi connectivity index (χ2n) is 6.82. The van der Waals surface area contributed by atoms with E-state index in [4.69, 9.17) is 4.42 Å². The van der Waals surface area contributed by atoms with Gasteiger partial charge in [0.05, 0.1) is 0 Å². The van der Waals surface area contributed by atoms with Crippen molar-refractivity contribution in [2.75, 3.05) is 0 Å². The highest BCUT2D eigenvalue weighted by Gasteiger charge is 2.29. The highest BCUT2D eigenvalue weighted by molar-refractivity contribution is 5.99. The number of aryl methyl sites for hydroxylation is 1. The first-order valence-corrected chi connectivity index (χ1v) is 8.09. The molecule has 0 N–H and O–H groups in total. The molecule has 2 aromatic rings. The van der Waals surface area contributed by atoms with Gasteiger partial charge in [0.2, 0.25) is 5.78 Å². The molecule has 1 aromatic carbocycles. The molecule has 0 bridgehead atoms. The Morgan fingerprint density at radius 1 is 1.19 bits per heavy atom. The van der Waals surface area contributed by atoms with Gasteiger partial charge in [0.1, 0.15) is 5.58 Å². The Morgan fingerprint density at radius 2 is 1.90 bits per heavy atom. The molecule has 21 heavy (non-hydrogen) atoms. The van der Waals surface area contributed by atoms with Crippen molar-refractivity contribution in [2.45, 2.75) is 46.5 Å². The summed E-state index contributed by atoms with van der Waals surface area (Å²) in [6.45, 7) is 6.59. The number of rotatable bonds is 3. The molecule has 1 aliphatic carbocycles. The van der Waals surface area contributed by atoms with Crippen LogP contribution in [-0.4, -0.2) is 5.78 Å². The van der Waals surface area contributed by atoms with E-state index in [9.17, 15) is 4.79 Å². The fourth-order valence-electron chi connectivity index (χ4n) is 3.58. The Kier molecular flexibility index (Phi) is 3.88. The number of hydrogen-bond donors (Lipinski definition) is 0. The number of fused-ring (bicyclic) bond motifs is 1. The summed E-state index contributed by atoms with van der Waals surface area (Å²) >= 11 is 0. The van der Waals surface area contributed by atoms with Crippen LogP contribution in [0, 0.1) is 24.7 Å². The molecule has 1 aromatic heterocycles. The van der Waals surface area contributed by atoms with Gasteiger partial charge in [0.25, 0.3) is 0 Å². The van der Waals surface area contributed by atoms with Crippen LogP contribution in [0.1, 0.15) is 55.6 Å². The predicted octanol–water partition coefficient (Wildman–Crippen LogP) is 5.39. The first-order chi connectivity index (χ1) is 10.1. The Bertz CT molecular complexity index is 643. The molecule has 1 aliphatic rings. The second kappa shape index (κ2) is 5.67. The number of benzene rings is 1. The first kappa shape index (κ1) is 14.4. The number of furan rings is 1. The van der Waals surface area contributed by atoms with Crippen molar-refractivity contribution in [3.63, 3.8) is 0 Å². The third kappa shape index (κ3) is 2.76. The lowest BCUT2D eigenvalue weighted by Gasteiger charge is -2.29. The molecule has 0 unspecified atom stereocenters. The summed E-state index contributed by atoms with van der Waals surface area (Å²) in [5.41, 5.74) is 1.95. The monoisotopic (exact) mass is 284 g/mol. The molecule has 1 fully saturated rings. The Balaban J connectivity index is 1.77. The first-order valence-electron chi connectivity index (χ1n) is 8.09. The number of carbonyl (C=O) groups excluding carboxylic acids is 1. The third-order valence-electron chi connectivity index (χ3n) is 5.07. The number of Topliss-reactive ketones (excluding diaryl/α,β-unsaturated/α-hetero) is 1. The van der Waals surface area contributed by atoms with Gasteiger partial charge in [0.15, 0.2) is 5.76 Å². The van der Waals surface area contributed by atoms with Crippen LogP contribution in [-0.2, 0) is 0 Å². The van der Waals surface area contributed by atoms with E-state index in [1.165, 1.54) is 12.8 Å². The molecular formula is C19H24O2. The molecule has 0 aliphatic heterocycles. The normalized spacial score (nSPS) is 22.9. The van der Waals surface area contributed by atoms with Crippen molar-refractivity contribution >= 4 is 16.8 Å². The average Bonchev–Trinajstić information content (AvgIpc) is 2.92. The zero-order valence-electron chi connectivity index (χ0n) is 13.2. The number of hydrogen-bond acceptors (Lipinski definition) is 2. The minimum absolute atomic E-state index is 0.154. The van der Waals surface area contributed by atoms with E-state index in [2.05, 4.69) is 13.8 Å². The van der Waals surface area contributed by atoms with Crippen molar-refractivity contribution in [3.05, 3.63) is 35.6 Å². The van der Waals surface area contributed by atoms with Crippen molar-refractivity contribution in [1.82, 2.24) is 0 Å². The van der Waals surface area contributed by atoms with Crippen LogP contribution in [0.25, 0.3) is 11.0 Å². The molecule has 112 valence electrons. The van der Waals surface area contributed by atoms with Crippen molar-refractivity contribution in [3.8, 4) is 0 Å². The van der Waals surface area contributed by atoms with Gasteiger partial charge in [-0.25, -0.2) is 0 Å². The van der Waals surface area contributed by atoms with E-state index in [0.29, 0.717) is 5.76 Å². The van der Waals surface area contributed by atoms with Gasteiger partial charge in [-0.15, -0.1) is 0 Å². The quantitative estimate of drug-likeness (QED) is 0.708. The van der Waals surface area contributed by atoms with Gasteiger partial charge in [-0.05, 0) is 56.1 Å². The van der Waals surface area contributed by atoms with Gasteiger partial charge in [-0.3, -0.25) is 4.79 Å². The lowest BCUT2D eigenvalue weighted by molar-refractivity contribution is 0.0832. The highest BCUT2D eigenvalue weighted by atomic mass is 16.3. The van der Waals surface area contributed by atoms with Crippen LogP contribution in [0.5, 0.6) is 0 Å². The van der Waals surface area contributed by atoms with E-state index >= 15 is 0 Å². The van der Waals surface area contributed by atoms with Crippen LogP contribution < -0.4 is 0 Å². The van der Waals surface area contributed by atoms with Crippen molar-refractivity contribution in [2.24, 2.45) is 17.8 Å². The van der Waals surface area contributed by atoms with Gasteiger partial charge < -0.3 is 4.42 Å². The molecular weight excluding hydrogens is 260 g/mol. The highest BCUT2D eigenvalue weighted by Crippen LogP contribution is 2.35. The smallest absolute Gasteiger partial charge is 0.201 e. The molecule has 2 nitrogen and oxygen atoms in total. The molecule has 2 heteroatoms. The standard InChI is InChI=1S/C19H24O2/c1-12(2)14-7-9-15(10-8-14)18(20)17-11-16-6-4-5-13(3)19(16)21-17/h4-6,11-12,14-15H,7-10H2,1-3H3. The predicted molar refractivity (Wildman–Crippen MR) is 85.6 cm³/mol. The molecule has 1 saturated carbocycles. The summed E-state index contributed by atoms with van der Waals surface area (Å²) in [5.74, 6) is 2.42. The fraction of sp³-hybridized carbons (Fsp3) is 0.526. The van der Waals surface area contributed by atoms with E-state index in [1.807, 2.05) is 31.2 Å². The molecule has 0 saturated heterocycles. The molecule has 1 heterocycles. The minimum Gasteiger partial charge on any atom is -0.453 e. The Labute approximate surface area is 126 Å². The summed E-state index contributed by atoms with van der Waals surface area (Å²) in [5, 5.41) is 1.04. The van der Waals surface area contributed by atoms with Crippen LogP contribution in [0.15, 0.2) is 28.7 Å². The lowest BCUT2D eigenvalue weighted by atomic mass is 9.75. The third-order valence-corrected chi connectivity index (χ3v) is 5.07. The SMILES string of the molecule is Cc1cccc2cc(C(=O)C3CCC(C(C)C)CC3)oc12. The second-order valence-corrected chi connectivity index (χ2v) is 6.82. The van der Waals surface area contributed by atoms with Crippen LogP contribution in [0.3, 0.4) is 0 Å². The summed E-state index contributed by atoms with van der Waals surface area (Å²) in [6.07, 6.45) is 4.37. The maximum Gasteiger partial charge on any atom is 0.201 e. The summed E-state index contributed by atoms with van der Waals surface area (Å²) in [7, 11) is 0. The molecule has 0 atom stereocenters. The van der Waals surface area contributed by atoms with Gasteiger partial charge in [0, 0.05) is 11.3 Å². The topological polar surface area (TPSA) is 30.2 Å². The number of ketones is 1. The van der Waals surface area contributed by atoms with E-state index < -0.39 is 0 Å². The Morgan fingerprint density at radius 3 is 2.52 bits per heavy atom. The zero-order valence-corrected chi connectivity index (χ0v) is 13.2. The lowest BCUT2D eigenvalue weighted by Crippen LogP contribution is -2.24. The van der Waals surface area contributed by atoms with E-state index in [-0.39, 0.29) is 11.7 Å². The molecule has 0 radical (unpaired) electrons. The minimum atomic E-state index is 0.154. The average molecular weight is 284 g/mol. The van der Waals surface area contributed by atoms with Crippen LogP contribution in [0.2, 0.25) is 0 Å². The van der Waals surface area contributed by atoms with Gasteiger partial charge in [-0.1, -0.05) is 32.0 Å². The maximum atomic E-state index is 12.7. The van der Waals surface area contributed by atoms with Crippen LogP contribution in [0.4, 0.5) is 0 Å².